The number of hydrogen-bond acceptors (Lipinski definition) is 0. The van der Waals surface area contributed by atoms with Crippen molar-refractivity contribution in [2.45, 2.75) is 26.2 Å². The van der Waals surface area contributed by atoms with Gasteiger partial charge in [0, 0.05) is 6.42 Å². The molecule has 3 aromatic carbocycles. The molecule has 0 N–H and O–H groups in total. The first kappa shape index (κ1) is 12.8. The Bertz CT molecular complexity index is 803. The van der Waals surface area contributed by atoms with Crippen molar-refractivity contribution >= 4 is 21.5 Å². The van der Waals surface area contributed by atoms with Crippen molar-refractivity contribution in [2.75, 3.05) is 0 Å². The molecule has 0 amide bonds. The smallest absolute Gasteiger partial charge is 0.0127 e. The molecular weight excluding hydrogens is 240 g/mol. The highest BCUT2D eigenvalue weighted by Gasteiger charge is 2.11. The summed E-state index contributed by atoms with van der Waals surface area (Å²) in [6.45, 7) is 2.23. The standard InChI is InChI=1S/C20H18/c1-3-5-10-16-15(4-2)17-11-6-7-13-19(17)20-14-9-8-12-18(16)20/h1,6-9,11-14H,4-5,10H2,2H3. The molecule has 0 bridgehead atoms. The summed E-state index contributed by atoms with van der Waals surface area (Å²) >= 11 is 0. The summed E-state index contributed by atoms with van der Waals surface area (Å²) in [5, 5.41) is 5.43. The minimum absolute atomic E-state index is 0.801. The number of hydrogen-bond donors (Lipinski definition) is 0. The SMILES string of the molecule is C#CCCc1c(CC)c2ccccc2c2ccccc12. The molecule has 0 aliphatic rings. The lowest BCUT2D eigenvalue weighted by Gasteiger charge is -2.16. The molecule has 0 atom stereocenters. The van der Waals surface area contributed by atoms with Gasteiger partial charge < -0.3 is 0 Å². The van der Waals surface area contributed by atoms with Crippen molar-refractivity contribution in [3.8, 4) is 12.3 Å². The highest BCUT2D eigenvalue weighted by Crippen LogP contribution is 2.33. The summed E-state index contributed by atoms with van der Waals surface area (Å²) in [5.74, 6) is 2.78. The summed E-state index contributed by atoms with van der Waals surface area (Å²) < 4.78 is 0. The molecule has 0 aromatic heterocycles. The third-order valence-corrected chi connectivity index (χ3v) is 4.03. The molecule has 0 heterocycles. The summed E-state index contributed by atoms with van der Waals surface area (Å²) in [5.41, 5.74) is 2.88. The van der Waals surface area contributed by atoms with E-state index in [1.54, 1.807) is 0 Å². The zero-order valence-electron chi connectivity index (χ0n) is 11.8. The number of rotatable bonds is 3. The third-order valence-electron chi connectivity index (χ3n) is 4.03. The van der Waals surface area contributed by atoms with Gasteiger partial charge in [-0.05, 0) is 45.5 Å². The van der Waals surface area contributed by atoms with Crippen LogP contribution in [0, 0.1) is 12.3 Å². The quantitative estimate of drug-likeness (QED) is 0.452. The van der Waals surface area contributed by atoms with E-state index >= 15 is 0 Å². The van der Waals surface area contributed by atoms with Crippen LogP contribution in [0.3, 0.4) is 0 Å². The number of aryl methyl sites for hydroxylation is 2. The molecule has 0 aliphatic heterocycles. The highest BCUT2D eigenvalue weighted by atomic mass is 14.2. The average Bonchev–Trinajstić information content (AvgIpc) is 2.52. The Morgan fingerprint density at radius 1 is 0.800 bits per heavy atom. The predicted octanol–water partition coefficient (Wildman–Crippen LogP) is 5.12. The maximum absolute atomic E-state index is 5.47. The molecule has 0 unspecified atom stereocenters. The van der Waals surface area contributed by atoms with E-state index in [2.05, 4.69) is 61.4 Å². The minimum Gasteiger partial charge on any atom is -0.120 e. The van der Waals surface area contributed by atoms with Crippen LogP contribution in [0.5, 0.6) is 0 Å². The summed E-state index contributed by atoms with van der Waals surface area (Å²) in [7, 11) is 0. The van der Waals surface area contributed by atoms with Crippen LogP contribution in [0.4, 0.5) is 0 Å². The maximum Gasteiger partial charge on any atom is 0.0127 e. The monoisotopic (exact) mass is 258 g/mol. The minimum atomic E-state index is 0.801. The van der Waals surface area contributed by atoms with E-state index < -0.39 is 0 Å². The first-order valence-electron chi connectivity index (χ1n) is 7.21. The normalized spacial score (nSPS) is 10.8. The summed E-state index contributed by atoms with van der Waals surface area (Å²) in [6, 6.07) is 17.4. The number of fused-ring (bicyclic) bond motifs is 3. The lowest BCUT2D eigenvalue weighted by Crippen LogP contribution is -1.97. The van der Waals surface area contributed by atoms with E-state index in [9.17, 15) is 0 Å². The molecule has 0 aliphatic carbocycles. The second-order valence-electron chi connectivity index (χ2n) is 5.11. The van der Waals surface area contributed by atoms with Crippen LogP contribution in [0.1, 0.15) is 24.5 Å². The van der Waals surface area contributed by atoms with Crippen molar-refractivity contribution in [3.05, 3.63) is 59.7 Å². The molecule has 20 heavy (non-hydrogen) atoms. The van der Waals surface area contributed by atoms with Crippen LogP contribution in [-0.4, -0.2) is 0 Å². The third kappa shape index (κ3) is 1.96. The molecule has 98 valence electrons. The van der Waals surface area contributed by atoms with Crippen molar-refractivity contribution in [1.82, 2.24) is 0 Å². The molecule has 0 heteroatoms. The van der Waals surface area contributed by atoms with Gasteiger partial charge in [-0.25, -0.2) is 0 Å². The molecule has 3 rings (SSSR count). The Kier molecular flexibility index (Phi) is 3.44. The van der Waals surface area contributed by atoms with Gasteiger partial charge in [-0.2, -0.15) is 0 Å². The van der Waals surface area contributed by atoms with Crippen molar-refractivity contribution in [2.24, 2.45) is 0 Å². The Morgan fingerprint density at radius 2 is 1.30 bits per heavy atom. The molecule has 0 nitrogen and oxygen atoms in total. The van der Waals surface area contributed by atoms with Crippen LogP contribution in [0.25, 0.3) is 21.5 Å². The van der Waals surface area contributed by atoms with Gasteiger partial charge >= 0.3 is 0 Å². The van der Waals surface area contributed by atoms with Gasteiger partial charge in [0.2, 0.25) is 0 Å². The van der Waals surface area contributed by atoms with Gasteiger partial charge in [0.1, 0.15) is 0 Å². The lowest BCUT2D eigenvalue weighted by molar-refractivity contribution is 1.000. The Hall–Kier alpha value is -2.26. The topological polar surface area (TPSA) is 0 Å². The van der Waals surface area contributed by atoms with E-state index in [4.69, 9.17) is 6.42 Å². The van der Waals surface area contributed by atoms with Crippen LogP contribution in [0.15, 0.2) is 48.5 Å². The van der Waals surface area contributed by atoms with Crippen LogP contribution in [0.2, 0.25) is 0 Å². The first-order chi connectivity index (χ1) is 9.86. The fourth-order valence-corrected chi connectivity index (χ4v) is 3.17. The zero-order valence-corrected chi connectivity index (χ0v) is 11.8. The van der Waals surface area contributed by atoms with E-state index in [1.807, 2.05) is 0 Å². The lowest BCUT2D eigenvalue weighted by atomic mass is 9.88. The molecule has 0 saturated heterocycles. The van der Waals surface area contributed by atoms with Crippen LogP contribution >= 0.6 is 0 Å². The van der Waals surface area contributed by atoms with Gasteiger partial charge in [-0.15, -0.1) is 12.3 Å². The van der Waals surface area contributed by atoms with Gasteiger partial charge in [-0.1, -0.05) is 55.5 Å². The van der Waals surface area contributed by atoms with E-state index in [0.29, 0.717) is 0 Å². The van der Waals surface area contributed by atoms with Crippen LogP contribution in [-0.2, 0) is 12.8 Å². The summed E-state index contributed by atoms with van der Waals surface area (Å²) in [4.78, 5) is 0. The number of terminal acetylenes is 1. The Labute approximate surface area is 120 Å². The van der Waals surface area contributed by atoms with Gasteiger partial charge in [0.05, 0.1) is 0 Å². The number of benzene rings is 3. The zero-order chi connectivity index (χ0) is 13.9. The Balaban J connectivity index is 2.46. The molecule has 0 saturated carbocycles. The van der Waals surface area contributed by atoms with E-state index in [-0.39, 0.29) is 0 Å². The fraction of sp³-hybridized carbons (Fsp3) is 0.200. The van der Waals surface area contributed by atoms with E-state index in [0.717, 1.165) is 19.3 Å². The molecule has 3 aromatic rings. The molecular formula is C20H18. The first-order valence-corrected chi connectivity index (χ1v) is 7.21. The fourth-order valence-electron chi connectivity index (χ4n) is 3.17. The van der Waals surface area contributed by atoms with Gasteiger partial charge in [-0.3, -0.25) is 0 Å². The second kappa shape index (κ2) is 5.39. The largest absolute Gasteiger partial charge is 0.120 e. The summed E-state index contributed by atoms with van der Waals surface area (Å²) in [6.07, 6.45) is 8.29. The maximum atomic E-state index is 5.47. The second-order valence-corrected chi connectivity index (χ2v) is 5.11. The van der Waals surface area contributed by atoms with Crippen molar-refractivity contribution < 1.29 is 0 Å². The molecule has 0 spiro atoms. The average molecular weight is 258 g/mol. The van der Waals surface area contributed by atoms with Crippen molar-refractivity contribution in [3.63, 3.8) is 0 Å². The Morgan fingerprint density at radius 3 is 1.80 bits per heavy atom. The molecule has 0 fully saturated rings. The van der Waals surface area contributed by atoms with Gasteiger partial charge in [0.15, 0.2) is 0 Å². The predicted molar refractivity (Wildman–Crippen MR) is 88.0 cm³/mol. The van der Waals surface area contributed by atoms with E-state index in [1.165, 1.54) is 32.7 Å². The van der Waals surface area contributed by atoms with Gasteiger partial charge in [0.25, 0.3) is 0 Å². The van der Waals surface area contributed by atoms with Crippen molar-refractivity contribution in [1.29, 1.82) is 0 Å². The van der Waals surface area contributed by atoms with Crippen LogP contribution < -0.4 is 0 Å². The highest BCUT2D eigenvalue weighted by molar-refractivity contribution is 6.10. The molecule has 0 radical (unpaired) electrons.